The van der Waals surface area contributed by atoms with Crippen LogP contribution in [0.5, 0.6) is 0 Å². The molecule has 1 heterocycles. The van der Waals surface area contributed by atoms with Crippen molar-refractivity contribution in [3.63, 3.8) is 0 Å². The van der Waals surface area contributed by atoms with Gasteiger partial charge in [-0.05, 0) is 42.9 Å². The lowest BCUT2D eigenvalue weighted by Gasteiger charge is -2.10. The SMILES string of the molecule is COC(=O)c1cc(C)sc1NC(=S)NCc1ccc(C(=O)O)cc1. The van der Waals surface area contributed by atoms with Crippen LogP contribution in [0.15, 0.2) is 30.3 Å². The van der Waals surface area contributed by atoms with Crippen molar-refractivity contribution in [2.24, 2.45) is 0 Å². The second-order valence-corrected chi connectivity index (χ2v) is 6.57. The van der Waals surface area contributed by atoms with Crippen molar-refractivity contribution in [1.82, 2.24) is 5.32 Å². The molecule has 1 aromatic carbocycles. The van der Waals surface area contributed by atoms with E-state index in [9.17, 15) is 9.59 Å². The number of carbonyl (C=O) groups excluding carboxylic acids is 1. The first-order valence-corrected chi connectivity index (χ1v) is 8.19. The number of benzene rings is 1. The number of carboxylic acid groups (broad SMARTS) is 1. The van der Waals surface area contributed by atoms with Gasteiger partial charge in [-0.15, -0.1) is 11.3 Å². The number of aryl methyl sites for hydroxylation is 1. The van der Waals surface area contributed by atoms with E-state index < -0.39 is 11.9 Å². The van der Waals surface area contributed by atoms with Crippen LogP contribution in [0.1, 0.15) is 31.2 Å². The van der Waals surface area contributed by atoms with Gasteiger partial charge in [0.25, 0.3) is 0 Å². The van der Waals surface area contributed by atoms with Gasteiger partial charge in [0, 0.05) is 11.4 Å². The fraction of sp³-hybridized carbons (Fsp3) is 0.188. The molecule has 2 rings (SSSR count). The van der Waals surface area contributed by atoms with E-state index in [0.29, 0.717) is 22.2 Å². The largest absolute Gasteiger partial charge is 0.478 e. The minimum Gasteiger partial charge on any atom is -0.478 e. The van der Waals surface area contributed by atoms with Gasteiger partial charge in [0.2, 0.25) is 0 Å². The Morgan fingerprint density at radius 1 is 1.29 bits per heavy atom. The zero-order chi connectivity index (χ0) is 17.7. The summed E-state index contributed by atoms with van der Waals surface area (Å²) in [5, 5.41) is 15.9. The molecule has 1 aromatic heterocycles. The van der Waals surface area contributed by atoms with Gasteiger partial charge in [-0.2, -0.15) is 0 Å². The molecule has 0 bridgehead atoms. The lowest BCUT2D eigenvalue weighted by Crippen LogP contribution is -2.28. The zero-order valence-corrected chi connectivity index (χ0v) is 14.7. The number of anilines is 1. The number of thiocarbonyl (C=S) groups is 1. The summed E-state index contributed by atoms with van der Waals surface area (Å²) in [4.78, 5) is 23.5. The third kappa shape index (κ3) is 4.53. The predicted octanol–water partition coefficient (Wildman–Crippen LogP) is 3.03. The van der Waals surface area contributed by atoms with E-state index in [0.717, 1.165) is 10.4 Å². The van der Waals surface area contributed by atoms with Crippen molar-refractivity contribution in [2.75, 3.05) is 12.4 Å². The number of ether oxygens (including phenoxy) is 1. The van der Waals surface area contributed by atoms with Crippen LogP contribution in [0.3, 0.4) is 0 Å². The highest BCUT2D eigenvalue weighted by Gasteiger charge is 2.16. The molecular weight excluding hydrogens is 348 g/mol. The summed E-state index contributed by atoms with van der Waals surface area (Å²) in [5.41, 5.74) is 1.56. The molecule has 0 amide bonds. The molecule has 3 N–H and O–H groups in total. The maximum absolute atomic E-state index is 11.7. The molecule has 0 fully saturated rings. The van der Waals surface area contributed by atoms with E-state index in [1.54, 1.807) is 18.2 Å². The third-order valence-corrected chi connectivity index (χ3v) is 4.35. The Balaban J connectivity index is 1.96. The molecule has 2 aromatic rings. The summed E-state index contributed by atoms with van der Waals surface area (Å²) < 4.78 is 4.75. The molecule has 0 saturated carbocycles. The molecule has 0 aliphatic carbocycles. The molecule has 0 radical (unpaired) electrons. The molecule has 0 saturated heterocycles. The smallest absolute Gasteiger partial charge is 0.340 e. The minimum absolute atomic E-state index is 0.233. The Morgan fingerprint density at radius 2 is 1.96 bits per heavy atom. The van der Waals surface area contributed by atoms with E-state index >= 15 is 0 Å². The number of thiophene rings is 1. The normalized spacial score (nSPS) is 10.1. The first-order chi connectivity index (χ1) is 11.4. The van der Waals surface area contributed by atoms with Crippen molar-refractivity contribution < 1.29 is 19.4 Å². The van der Waals surface area contributed by atoms with Crippen molar-refractivity contribution in [3.05, 3.63) is 51.9 Å². The van der Waals surface area contributed by atoms with Gasteiger partial charge in [0.15, 0.2) is 5.11 Å². The Morgan fingerprint density at radius 3 is 2.54 bits per heavy atom. The van der Waals surface area contributed by atoms with Gasteiger partial charge >= 0.3 is 11.9 Å². The monoisotopic (exact) mass is 364 g/mol. The average Bonchev–Trinajstić information content (AvgIpc) is 2.92. The highest BCUT2D eigenvalue weighted by molar-refractivity contribution is 7.80. The van der Waals surface area contributed by atoms with Crippen molar-refractivity contribution in [2.45, 2.75) is 13.5 Å². The topological polar surface area (TPSA) is 87.7 Å². The molecule has 126 valence electrons. The van der Waals surface area contributed by atoms with Crippen LogP contribution < -0.4 is 10.6 Å². The van der Waals surface area contributed by atoms with E-state index in [4.69, 9.17) is 22.1 Å². The summed E-state index contributed by atoms with van der Waals surface area (Å²) in [6.45, 7) is 2.33. The second-order valence-electron chi connectivity index (χ2n) is 4.90. The lowest BCUT2D eigenvalue weighted by molar-refractivity contribution is 0.0601. The molecule has 6 nitrogen and oxygen atoms in total. The molecule has 0 spiro atoms. The number of methoxy groups -OCH3 is 1. The fourth-order valence-electron chi connectivity index (χ4n) is 1.96. The maximum atomic E-state index is 11.7. The summed E-state index contributed by atoms with van der Waals surface area (Å²) in [7, 11) is 1.33. The average molecular weight is 364 g/mol. The fourth-order valence-corrected chi connectivity index (χ4v) is 3.11. The Kier molecular flexibility index (Phi) is 5.88. The van der Waals surface area contributed by atoms with Crippen molar-refractivity contribution >= 4 is 45.6 Å². The molecule has 24 heavy (non-hydrogen) atoms. The molecular formula is C16H16N2O4S2. The van der Waals surface area contributed by atoms with Crippen molar-refractivity contribution in [3.8, 4) is 0 Å². The first-order valence-electron chi connectivity index (χ1n) is 6.96. The molecule has 0 aliphatic heterocycles. The van der Waals surface area contributed by atoms with Gasteiger partial charge in [0.05, 0.1) is 18.2 Å². The van der Waals surface area contributed by atoms with Crippen LogP contribution in [0.25, 0.3) is 0 Å². The van der Waals surface area contributed by atoms with E-state index in [-0.39, 0.29) is 5.56 Å². The Labute approximate surface area is 148 Å². The minimum atomic E-state index is -0.963. The maximum Gasteiger partial charge on any atom is 0.340 e. The van der Waals surface area contributed by atoms with Gasteiger partial charge in [-0.1, -0.05) is 12.1 Å². The van der Waals surface area contributed by atoms with Gasteiger partial charge in [-0.3, -0.25) is 0 Å². The van der Waals surface area contributed by atoms with E-state index in [1.807, 2.05) is 6.92 Å². The number of hydrogen-bond donors (Lipinski definition) is 3. The first kappa shape index (κ1) is 17.9. The third-order valence-electron chi connectivity index (χ3n) is 3.14. The quantitative estimate of drug-likeness (QED) is 0.555. The number of esters is 1. The van der Waals surface area contributed by atoms with Gasteiger partial charge < -0.3 is 20.5 Å². The van der Waals surface area contributed by atoms with E-state index in [2.05, 4.69) is 10.6 Å². The number of aromatic carboxylic acids is 1. The second kappa shape index (κ2) is 7.89. The number of carboxylic acids is 1. The van der Waals surface area contributed by atoms with Crippen LogP contribution in [0.4, 0.5) is 5.00 Å². The van der Waals surface area contributed by atoms with Crippen molar-refractivity contribution in [1.29, 1.82) is 0 Å². The predicted molar refractivity (Wildman–Crippen MR) is 96.9 cm³/mol. The number of carbonyl (C=O) groups is 2. The van der Waals surface area contributed by atoms with Crippen LogP contribution in [0.2, 0.25) is 0 Å². The van der Waals surface area contributed by atoms with Crippen LogP contribution in [0, 0.1) is 6.92 Å². The summed E-state index contributed by atoms with van der Waals surface area (Å²) in [6.07, 6.45) is 0. The number of hydrogen-bond acceptors (Lipinski definition) is 5. The molecule has 8 heteroatoms. The standard InChI is InChI=1S/C16H16N2O4S2/c1-9-7-12(15(21)22-2)13(24-9)18-16(23)17-8-10-3-5-11(6-4-10)14(19)20/h3-7H,8H2,1-2H3,(H,19,20)(H2,17,18,23). The lowest BCUT2D eigenvalue weighted by atomic mass is 10.1. The van der Waals surface area contributed by atoms with Crippen LogP contribution >= 0.6 is 23.6 Å². The van der Waals surface area contributed by atoms with Gasteiger partial charge in [0.1, 0.15) is 5.00 Å². The highest BCUT2D eigenvalue weighted by atomic mass is 32.1. The molecule has 0 aliphatic rings. The number of nitrogens with one attached hydrogen (secondary N) is 2. The van der Waals surface area contributed by atoms with E-state index in [1.165, 1.54) is 30.6 Å². The Bertz CT molecular complexity index is 769. The van der Waals surface area contributed by atoms with Crippen LogP contribution in [-0.2, 0) is 11.3 Å². The molecule has 0 unspecified atom stereocenters. The number of rotatable bonds is 5. The summed E-state index contributed by atoms with van der Waals surface area (Å²) in [6, 6.07) is 8.25. The highest BCUT2D eigenvalue weighted by Crippen LogP contribution is 2.28. The van der Waals surface area contributed by atoms with Crippen LogP contribution in [-0.4, -0.2) is 29.3 Å². The Hall–Kier alpha value is -2.45. The summed E-state index contributed by atoms with van der Waals surface area (Å²) >= 11 is 6.64. The summed E-state index contributed by atoms with van der Waals surface area (Å²) in [5.74, 6) is -1.39. The molecule has 0 atom stereocenters. The zero-order valence-electron chi connectivity index (χ0n) is 13.1. The van der Waals surface area contributed by atoms with Gasteiger partial charge in [-0.25, -0.2) is 9.59 Å².